The lowest BCUT2D eigenvalue weighted by atomic mass is 9.98. The topological polar surface area (TPSA) is 35.6 Å². The molecule has 1 N–H and O–H groups in total. The van der Waals surface area contributed by atoms with Gasteiger partial charge in [-0.05, 0) is 36.1 Å². The number of amides is 2. The van der Waals surface area contributed by atoms with Crippen LogP contribution in [-0.2, 0) is 6.18 Å². The van der Waals surface area contributed by atoms with E-state index in [0.717, 1.165) is 19.0 Å². The van der Waals surface area contributed by atoms with E-state index in [0.29, 0.717) is 44.2 Å². The zero-order chi connectivity index (χ0) is 20.3. The predicted molar refractivity (Wildman–Crippen MR) is 99.4 cm³/mol. The Bertz CT molecular complexity index is 780. The Balaban J connectivity index is 1.52. The second-order valence-corrected chi connectivity index (χ2v) is 7.24. The third-order valence-electron chi connectivity index (χ3n) is 4.98. The molecule has 4 nitrogen and oxygen atoms in total. The molecule has 1 aliphatic heterocycles. The van der Waals surface area contributed by atoms with Crippen molar-refractivity contribution in [3.63, 3.8) is 0 Å². The van der Waals surface area contributed by atoms with Gasteiger partial charge in [0.2, 0.25) is 0 Å². The molecule has 1 atom stereocenters. The van der Waals surface area contributed by atoms with E-state index in [4.69, 9.17) is 0 Å². The molecule has 1 aromatic carbocycles. The molecule has 3 rings (SSSR count). The zero-order valence-corrected chi connectivity index (χ0v) is 15.6. The number of nitrogens with one attached hydrogen (secondary N) is 1. The van der Waals surface area contributed by atoms with Crippen molar-refractivity contribution in [2.75, 3.05) is 38.0 Å². The first-order valence-electron chi connectivity index (χ1n) is 9.24. The first-order chi connectivity index (χ1) is 13.2. The van der Waals surface area contributed by atoms with Gasteiger partial charge in [0.05, 0.1) is 5.56 Å². The largest absolute Gasteiger partial charge is 0.419 e. The number of benzene rings is 1. The minimum absolute atomic E-state index is 0.0761. The van der Waals surface area contributed by atoms with Crippen LogP contribution in [0.25, 0.3) is 0 Å². The number of allylic oxidation sites excluding steroid dienone is 2. The van der Waals surface area contributed by atoms with Crippen LogP contribution in [0.1, 0.15) is 18.9 Å². The van der Waals surface area contributed by atoms with Gasteiger partial charge < -0.3 is 10.2 Å². The fraction of sp³-hybridized carbons (Fsp3) is 0.450. The number of anilines is 1. The summed E-state index contributed by atoms with van der Waals surface area (Å²) in [6.45, 7) is 5.32. The monoisotopic (exact) mass is 397 g/mol. The summed E-state index contributed by atoms with van der Waals surface area (Å²) in [6, 6.07) is 1.97. The molecule has 28 heavy (non-hydrogen) atoms. The molecule has 1 saturated heterocycles. The first kappa shape index (κ1) is 20.4. The summed E-state index contributed by atoms with van der Waals surface area (Å²) in [5, 5.41) is 2.43. The molecule has 1 fully saturated rings. The average Bonchev–Trinajstić information content (AvgIpc) is 2.65. The number of rotatable bonds is 3. The standard InChI is InChI=1S/C20H23F4N3O/c1-14-2-4-15(5-3-14)13-26-8-10-27(11-9-26)19(28)25-16-6-7-18(21)17(12-16)20(22,23)24/h2,4-7,12,14H,3,8-11,13H2,1H3,(H,25,28). The van der Waals surface area contributed by atoms with E-state index < -0.39 is 23.6 Å². The number of hydrogen-bond donors (Lipinski definition) is 1. The van der Waals surface area contributed by atoms with Crippen LogP contribution in [-0.4, -0.2) is 48.6 Å². The molecule has 0 saturated carbocycles. The number of alkyl halides is 3. The van der Waals surface area contributed by atoms with E-state index in [2.05, 4.69) is 35.4 Å². The van der Waals surface area contributed by atoms with Crippen molar-refractivity contribution in [2.45, 2.75) is 19.5 Å². The normalized spacial score (nSPS) is 20.8. The minimum Gasteiger partial charge on any atom is -0.322 e. The number of nitrogens with zero attached hydrogens (tertiary/aromatic N) is 2. The summed E-state index contributed by atoms with van der Waals surface area (Å²) in [5.74, 6) is -0.798. The first-order valence-corrected chi connectivity index (χ1v) is 9.24. The number of hydrogen-bond acceptors (Lipinski definition) is 2. The van der Waals surface area contributed by atoms with Crippen LogP contribution in [0.2, 0.25) is 0 Å². The summed E-state index contributed by atoms with van der Waals surface area (Å²) < 4.78 is 51.8. The highest BCUT2D eigenvalue weighted by Gasteiger charge is 2.34. The molecule has 1 unspecified atom stereocenters. The van der Waals surface area contributed by atoms with Crippen LogP contribution in [0.15, 0.2) is 42.0 Å². The summed E-state index contributed by atoms with van der Waals surface area (Å²) >= 11 is 0. The van der Waals surface area contributed by atoms with Gasteiger partial charge in [-0.25, -0.2) is 9.18 Å². The van der Waals surface area contributed by atoms with E-state index in [1.165, 1.54) is 5.57 Å². The Kier molecular flexibility index (Phi) is 6.07. The molecule has 152 valence electrons. The smallest absolute Gasteiger partial charge is 0.322 e. The second-order valence-electron chi connectivity index (χ2n) is 7.24. The van der Waals surface area contributed by atoms with Crippen molar-refractivity contribution in [3.05, 3.63) is 53.4 Å². The van der Waals surface area contributed by atoms with Crippen molar-refractivity contribution in [3.8, 4) is 0 Å². The number of urea groups is 1. The van der Waals surface area contributed by atoms with E-state index in [1.807, 2.05) is 0 Å². The third kappa shape index (κ3) is 5.13. The lowest BCUT2D eigenvalue weighted by molar-refractivity contribution is -0.139. The van der Waals surface area contributed by atoms with Gasteiger partial charge in [0.1, 0.15) is 5.82 Å². The van der Waals surface area contributed by atoms with Crippen molar-refractivity contribution < 1.29 is 22.4 Å². The predicted octanol–water partition coefficient (Wildman–Crippen LogP) is 4.52. The average molecular weight is 397 g/mol. The Morgan fingerprint density at radius 3 is 2.54 bits per heavy atom. The Morgan fingerprint density at radius 2 is 1.93 bits per heavy atom. The van der Waals surface area contributed by atoms with Crippen LogP contribution in [0.5, 0.6) is 0 Å². The van der Waals surface area contributed by atoms with Gasteiger partial charge in [-0.1, -0.05) is 25.2 Å². The van der Waals surface area contributed by atoms with Gasteiger partial charge in [-0.2, -0.15) is 13.2 Å². The van der Waals surface area contributed by atoms with Crippen LogP contribution in [0.3, 0.4) is 0 Å². The van der Waals surface area contributed by atoms with E-state index in [-0.39, 0.29) is 5.69 Å². The maximum absolute atomic E-state index is 13.4. The van der Waals surface area contributed by atoms with E-state index in [1.54, 1.807) is 4.90 Å². The quantitative estimate of drug-likeness (QED) is 0.762. The molecule has 0 spiro atoms. The molecular weight excluding hydrogens is 374 g/mol. The van der Waals surface area contributed by atoms with Crippen LogP contribution >= 0.6 is 0 Å². The Labute approximate surface area is 161 Å². The molecule has 1 heterocycles. The lowest BCUT2D eigenvalue weighted by Gasteiger charge is -2.35. The molecule has 2 aliphatic rings. The van der Waals surface area contributed by atoms with Crippen molar-refractivity contribution in [1.29, 1.82) is 0 Å². The van der Waals surface area contributed by atoms with Crippen LogP contribution in [0, 0.1) is 11.7 Å². The molecule has 0 bridgehead atoms. The molecule has 2 amide bonds. The third-order valence-corrected chi connectivity index (χ3v) is 4.98. The second kappa shape index (κ2) is 8.34. The summed E-state index contributed by atoms with van der Waals surface area (Å²) in [6.07, 6.45) is 2.79. The molecule has 0 radical (unpaired) electrons. The van der Waals surface area contributed by atoms with Gasteiger partial charge in [0, 0.05) is 38.4 Å². The molecule has 1 aromatic rings. The summed E-state index contributed by atoms with van der Waals surface area (Å²) in [5.41, 5.74) is -0.201. The number of carbonyl (C=O) groups excluding carboxylic acids is 1. The highest BCUT2D eigenvalue weighted by Crippen LogP contribution is 2.33. The molecular formula is C20H23F4N3O. The van der Waals surface area contributed by atoms with E-state index >= 15 is 0 Å². The molecule has 0 aromatic heterocycles. The maximum Gasteiger partial charge on any atom is 0.419 e. The maximum atomic E-state index is 13.4. The fourth-order valence-electron chi connectivity index (χ4n) is 3.28. The van der Waals surface area contributed by atoms with Gasteiger partial charge in [0.15, 0.2) is 0 Å². The van der Waals surface area contributed by atoms with Crippen molar-refractivity contribution in [2.24, 2.45) is 5.92 Å². The minimum atomic E-state index is -4.81. The van der Waals surface area contributed by atoms with Crippen LogP contribution < -0.4 is 5.32 Å². The van der Waals surface area contributed by atoms with Gasteiger partial charge in [-0.3, -0.25) is 4.90 Å². The summed E-state index contributed by atoms with van der Waals surface area (Å²) in [7, 11) is 0. The van der Waals surface area contributed by atoms with Crippen LogP contribution in [0.4, 0.5) is 28.0 Å². The molecule has 1 aliphatic carbocycles. The SMILES string of the molecule is CC1C=CC(CN2CCN(C(=O)Nc3ccc(F)c(C(F)(F)F)c3)CC2)=CC1. The summed E-state index contributed by atoms with van der Waals surface area (Å²) in [4.78, 5) is 16.1. The van der Waals surface area contributed by atoms with Crippen molar-refractivity contribution in [1.82, 2.24) is 9.80 Å². The highest BCUT2D eigenvalue weighted by atomic mass is 19.4. The van der Waals surface area contributed by atoms with Gasteiger partial charge >= 0.3 is 12.2 Å². The van der Waals surface area contributed by atoms with Gasteiger partial charge in [0.25, 0.3) is 0 Å². The zero-order valence-electron chi connectivity index (χ0n) is 15.6. The highest BCUT2D eigenvalue weighted by molar-refractivity contribution is 5.89. The number of piperazine rings is 1. The number of halogens is 4. The van der Waals surface area contributed by atoms with Gasteiger partial charge in [-0.15, -0.1) is 0 Å². The van der Waals surface area contributed by atoms with E-state index in [9.17, 15) is 22.4 Å². The van der Waals surface area contributed by atoms with Crippen molar-refractivity contribution >= 4 is 11.7 Å². The Morgan fingerprint density at radius 1 is 1.21 bits per heavy atom. The Hall–Kier alpha value is -2.35. The fourth-order valence-corrected chi connectivity index (χ4v) is 3.28. The lowest BCUT2D eigenvalue weighted by Crippen LogP contribution is -2.50. The molecule has 8 heteroatoms. The number of carbonyl (C=O) groups is 1.